The van der Waals surface area contributed by atoms with Gasteiger partial charge in [-0.3, -0.25) is 4.79 Å². The average molecular weight is 369 g/mol. The summed E-state index contributed by atoms with van der Waals surface area (Å²) in [6.45, 7) is 17.6. The maximum atomic E-state index is 12.3. The van der Waals surface area contributed by atoms with Crippen molar-refractivity contribution in [2.24, 2.45) is 11.8 Å². The molecule has 2 atom stereocenters. The lowest BCUT2D eigenvalue weighted by molar-refractivity contribution is -0.156. The molecular formula is C20H36O4Si. The van der Waals surface area contributed by atoms with Crippen LogP contribution in [0.4, 0.5) is 0 Å². The highest BCUT2D eigenvalue weighted by Gasteiger charge is 2.47. The first kappa shape index (κ1) is 21.9. The van der Waals surface area contributed by atoms with Gasteiger partial charge in [-0.05, 0) is 42.0 Å². The van der Waals surface area contributed by atoms with Crippen LogP contribution in [-0.4, -0.2) is 26.7 Å². The number of ketones is 1. The van der Waals surface area contributed by atoms with Gasteiger partial charge in [0.15, 0.2) is 0 Å². The van der Waals surface area contributed by atoms with Crippen LogP contribution in [0.25, 0.3) is 0 Å². The van der Waals surface area contributed by atoms with Gasteiger partial charge < -0.3 is 9.16 Å². The summed E-state index contributed by atoms with van der Waals surface area (Å²) in [7, 11) is -1.97. The lowest BCUT2D eigenvalue weighted by Gasteiger charge is -2.44. The number of esters is 1. The Morgan fingerprint density at radius 3 is 2.04 bits per heavy atom. The van der Waals surface area contributed by atoms with Crippen LogP contribution in [-0.2, 0) is 18.8 Å². The first-order valence-electron chi connectivity index (χ1n) is 9.68. The Morgan fingerprint density at radius 1 is 1.12 bits per heavy atom. The van der Waals surface area contributed by atoms with Crippen molar-refractivity contribution in [2.75, 3.05) is 6.61 Å². The summed E-state index contributed by atoms with van der Waals surface area (Å²) in [6, 6.07) is 0. The molecule has 0 aromatic rings. The van der Waals surface area contributed by atoms with Gasteiger partial charge in [0.25, 0.3) is 8.32 Å². The molecule has 0 N–H and O–H groups in total. The molecule has 0 spiro atoms. The summed E-state index contributed by atoms with van der Waals surface area (Å²) in [6.07, 6.45) is 3.45. The second-order valence-corrected chi connectivity index (χ2v) is 13.5. The van der Waals surface area contributed by atoms with E-state index in [9.17, 15) is 9.59 Å². The summed E-state index contributed by atoms with van der Waals surface area (Å²) >= 11 is 0. The van der Waals surface area contributed by atoms with Gasteiger partial charge >= 0.3 is 5.97 Å². The summed E-state index contributed by atoms with van der Waals surface area (Å²) < 4.78 is 11.6. The molecule has 0 fully saturated rings. The smallest absolute Gasteiger partial charge is 0.374 e. The molecule has 0 radical (unpaired) electrons. The van der Waals surface area contributed by atoms with Gasteiger partial charge in [0.1, 0.15) is 0 Å². The quantitative estimate of drug-likeness (QED) is 0.334. The monoisotopic (exact) mass is 368 g/mol. The summed E-state index contributed by atoms with van der Waals surface area (Å²) in [5.74, 6) is -0.376. The summed E-state index contributed by atoms with van der Waals surface area (Å²) in [5.41, 5.74) is 1.55. The van der Waals surface area contributed by atoms with Crippen LogP contribution in [0.2, 0.25) is 16.6 Å². The molecule has 25 heavy (non-hydrogen) atoms. The zero-order valence-electron chi connectivity index (χ0n) is 17.2. The largest absolute Gasteiger partial charge is 0.546 e. The number of carbonyl (C=O) groups excluding carboxylic acids is 2. The minimum absolute atomic E-state index is 0.00107. The molecule has 0 unspecified atom stereocenters. The van der Waals surface area contributed by atoms with Crippen LogP contribution in [0.3, 0.4) is 0 Å². The highest BCUT2D eigenvalue weighted by Crippen LogP contribution is 2.45. The second-order valence-electron chi connectivity index (χ2n) is 8.14. The number of hydrogen-bond donors (Lipinski definition) is 0. The van der Waals surface area contributed by atoms with Crippen molar-refractivity contribution in [3.63, 3.8) is 0 Å². The van der Waals surface area contributed by atoms with E-state index >= 15 is 0 Å². The molecule has 0 amide bonds. The van der Waals surface area contributed by atoms with Crippen molar-refractivity contribution in [3.05, 3.63) is 11.8 Å². The molecule has 0 aromatic heterocycles. The summed E-state index contributed by atoms with van der Waals surface area (Å²) in [4.78, 5) is 24.0. The molecular weight excluding hydrogens is 332 g/mol. The van der Waals surface area contributed by atoms with Crippen LogP contribution in [0.5, 0.6) is 0 Å². The third kappa shape index (κ3) is 4.75. The van der Waals surface area contributed by atoms with E-state index in [1.807, 2.05) is 6.92 Å². The first-order chi connectivity index (χ1) is 11.6. The topological polar surface area (TPSA) is 52.6 Å². The Kier molecular flexibility index (Phi) is 7.91. The highest BCUT2D eigenvalue weighted by molar-refractivity contribution is 6.77. The molecule has 0 aromatic carbocycles. The Balaban J connectivity index is 2.97. The minimum atomic E-state index is -1.97. The third-order valence-corrected chi connectivity index (χ3v) is 11.6. The summed E-state index contributed by atoms with van der Waals surface area (Å²) in [5, 5.41) is 0. The maximum absolute atomic E-state index is 12.3. The molecule has 1 aliphatic rings. The number of hydrogen-bond acceptors (Lipinski definition) is 4. The van der Waals surface area contributed by atoms with Crippen molar-refractivity contribution < 1.29 is 18.8 Å². The molecule has 4 nitrogen and oxygen atoms in total. The second kappa shape index (κ2) is 9.02. The van der Waals surface area contributed by atoms with E-state index < -0.39 is 20.1 Å². The van der Waals surface area contributed by atoms with E-state index in [1.165, 1.54) is 0 Å². The molecule has 1 aliphatic carbocycles. The van der Waals surface area contributed by atoms with Gasteiger partial charge in [-0.15, -0.1) is 0 Å². The van der Waals surface area contributed by atoms with Gasteiger partial charge in [0.2, 0.25) is 5.78 Å². The average Bonchev–Trinajstić information content (AvgIpc) is 2.51. The fraction of sp³-hybridized carbons (Fsp3) is 0.800. The third-order valence-electron chi connectivity index (χ3n) is 5.61. The van der Waals surface area contributed by atoms with E-state index in [1.54, 1.807) is 6.92 Å². The van der Waals surface area contributed by atoms with Crippen molar-refractivity contribution in [1.82, 2.24) is 0 Å². The Morgan fingerprint density at radius 2 is 1.64 bits per heavy atom. The van der Waals surface area contributed by atoms with Crippen molar-refractivity contribution in [1.29, 1.82) is 0 Å². The van der Waals surface area contributed by atoms with Crippen LogP contribution in [0, 0.1) is 11.8 Å². The SMILES string of the molecule is CCOC(=O)C(=O)[C@H]1CCC(O[Si](C(C)C)(C(C)C)C(C)C)=C[C@H]1C. The van der Waals surface area contributed by atoms with E-state index in [4.69, 9.17) is 9.16 Å². The van der Waals surface area contributed by atoms with Crippen LogP contribution < -0.4 is 0 Å². The zero-order valence-corrected chi connectivity index (χ0v) is 18.2. The van der Waals surface area contributed by atoms with Gasteiger partial charge in [-0.1, -0.05) is 48.5 Å². The molecule has 0 heterocycles. The fourth-order valence-corrected chi connectivity index (χ4v) is 9.77. The number of allylic oxidation sites excluding steroid dienone is 2. The lowest BCUT2D eigenvalue weighted by Crippen LogP contribution is -2.48. The Bertz CT molecular complexity index is 486. The van der Waals surface area contributed by atoms with Crippen LogP contribution >= 0.6 is 0 Å². The minimum Gasteiger partial charge on any atom is -0.546 e. The maximum Gasteiger partial charge on any atom is 0.374 e. The van der Waals surface area contributed by atoms with E-state index in [0.717, 1.165) is 12.2 Å². The Labute approximate surface area is 154 Å². The van der Waals surface area contributed by atoms with Gasteiger partial charge in [0, 0.05) is 12.3 Å². The van der Waals surface area contributed by atoms with Crippen LogP contribution in [0.15, 0.2) is 11.8 Å². The number of Topliss-reactive ketones (excluding diaryl/α,β-unsaturated/α-hetero) is 1. The predicted octanol–water partition coefficient (Wildman–Crippen LogP) is 5.24. The van der Waals surface area contributed by atoms with E-state index in [0.29, 0.717) is 23.0 Å². The first-order valence-corrected chi connectivity index (χ1v) is 11.8. The predicted molar refractivity (Wildman–Crippen MR) is 104 cm³/mol. The highest BCUT2D eigenvalue weighted by atomic mass is 28.4. The van der Waals surface area contributed by atoms with Crippen molar-refractivity contribution in [2.45, 2.75) is 84.9 Å². The molecule has 1 rings (SSSR count). The van der Waals surface area contributed by atoms with Gasteiger partial charge in [0.05, 0.1) is 12.4 Å². The Hall–Kier alpha value is -1.10. The molecule has 0 bridgehead atoms. The molecule has 144 valence electrons. The van der Waals surface area contributed by atoms with Crippen molar-refractivity contribution in [3.8, 4) is 0 Å². The van der Waals surface area contributed by atoms with E-state index in [-0.39, 0.29) is 18.4 Å². The van der Waals surface area contributed by atoms with Crippen molar-refractivity contribution >= 4 is 20.1 Å². The van der Waals surface area contributed by atoms with Crippen LogP contribution in [0.1, 0.15) is 68.2 Å². The molecule has 0 saturated heterocycles. The zero-order chi connectivity index (χ0) is 19.4. The molecule has 0 saturated carbocycles. The number of carbonyl (C=O) groups is 2. The number of rotatable bonds is 8. The van der Waals surface area contributed by atoms with E-state index in [2.05, 4.69) is 47.6 Å². The van der Waals surface area contributed by atoms with Gasteiger partial charge in [-0.2, -0.15) is 0 Å². The van der Waals surface area contributed by atoms with Gasteiger partial charge in [-0.25, -0.2) is 4.79 Å². The molecule has 0 aliphatic heterocycles. The lowest BCUT2D eigenvalue weighted by atomic mass is 9.81. The fourth-order valence-electron chi connectivity index (χ4n) is 4.44. The number of ether oxygens (including phenoxy) is 1. The standard InChI is InChI=1S/C20H36O4Si/c1-9-23-20(22)19(21)18-11-10-17(12-16(18)8)24-25(13(2)3,14(4)5)15(6)7/h12-16,18H,9-11H2,1-8H3/t16-,18+/m1/s1. The molecule has 5 heteroatoms. The normalized spacial score (nSPS) is 21.5.